The van der Waals surface area contributed by atoms with E-state index in [2.05, 4.69) is 84.6 Å². The minimum absolute atomic E-state index is 0.112. The van der Waals surface area contributed by atoms with Crippen molar-refractivity contribution in [2.75, 3.05) is 14.2 Å². The number of hydrogen-bond acceptors (Lipinski definition) is 4. The van der Waals surface area contributed by atoms with Crippen LogP contribution in [-0.4, -0.2) is 42.3 Å². The van der Waals surface area contributed by atoms with Crippen LogP contribution in [0.1, 0.15) is 12.8 Å². The zero-order chi connectivity index (χ0) is 33.6. The molecule has 236 valence electrons. The Balaban J connectivity index is 1.87. The van der Waals surface area contributed by atoms with Crippen molar-refractivity contribution in [1.29, 1.82) is 0 Å². The van der Waals surface area contributed by atoms with E-state index in [-0.39, 0.29) is 12.8 Å². The lowest BCUT2D eigenvalue weighted by atomic mass is 9.81. The van der Waals surface area contributed by atoms with Gasteiger partial charge in [-0.15, -0.1) is 36.1 Å². The van der Waals surface area contributed by atoms with E-state index in [1.807, 2.05) is 84.9 Å². The molecule has 0 saturated carbocycles. The molecule has 0 aliphatic rings. The van der Waals surface area contributed by atoms with E-state index in [1.165, 1.54) is 14.2 Å². The number of benzene rings is 4. The summed E-state index contributed by atoms with van der Waals surface area (Å²) in [6.07, 6.45) is 3.58. The lowest BCUT2D eigenvalue weighted by molar-refractivity contribution is -0.168. The van der Waals surface area contributed by atoms with Crippen molar-refractivity contribution >= 4 is 48.8 Å². The number of carbonyl (C=O) groups is 2. The second kappa shape index (κ2) is 16.4. The van der Waals surface area contributed by atoms with E-state index < -0.39 is 33.5 Å². The van der Waals surface area contributed by atoms with Crippen LogP contribution in [0.25, 0.3) is 0 Å². The summed E-state index contributed by atoms with van der Waals surface area (Å²) in [4.78, 5) is 27.2. The van der Waals surface area contributed by atoms with Crippen LogP contribution < -0.4 is 20.7 Å². The quantitative estimate of drug-likeness (QED) is 0.0705. The maximum Gasteiger partial charge on any atom is 0.325 e. The van der Waals surface area contributed by atoms with Crippen molar-refractivity contribution in [2.45, 2.75) is 24.9 Å². The van der Waals surface area contributed by atoms with Crippen LogP contribution in [0.3, 0.4) is 0 Å². The number of methoxy groups -OCH3 is 2. The van der Waals surface area contributed by atoms with E-state index in [4.69, 9.17) is 9.47 Å². The molecule has 0 saturated heterocycles. The van der Waals surface area contributed by atoms with Gasteiger partial charge in [0.15, 0.2) is 5.41 Å². The molecule has 0 N–H and O–H groups in total. The summed E-state index contributed by atoms with van der Waals surface area (Å²) in [5, 5.41) is 4.47. The molecule has 0 bridgehead atoms. The monoisotopic (exact) mass is 652 g/mol. The highest BCUT2D eigenvalue weighted by Crippen LogP contribution is 2.30. The molecule has 4 aromatic carbocycles. The minimum Gasteiger partial charge on any atom is -0.468 e. The number of carbonyl (C=O) groups excluding carboxylic acids is 2. The first kappa shape index (κ1) is 34.7. The van der Waals surface area contributed by atoms with E-state index in [9.17, 15) is 9.59 Å². The molecule has 47 heavy (non-hydrogen) atoms. The van der Waals surface area contributed by atoms with Crippen molar-refractivity contribution in [2.24, 2.45) is 5.41 Å². The van der Waals surface area contributed by atoms with Gasteiger partial charge in [0.25, 0.3) is 0 Å². The summed E-state index contributed by atoms with van der Waals surface area (Å²) in [6, 6.07) is 42.0. The molecule has 0 fully saturated rings. The molecule has 0 atom stereocenters. The van der Waals surface area contributed by atoms with Crippen molar-refractivity contribution in [3.8, 4) is 22.9 Å². The van der Waals surface area contributed by atoms with Crippen molar-refractivity contribution in [3.63, 3.8) is 0 Å². The Labute approximate surface area is 281 Å². The van der Waals surface area contributed by atoms with Gasteiger partial charge in [-0.1, -0.05) is 133 Å². The largest absolute Gasteiger partial charge is 0.468 e. The molecule has 4 aromatic rings. The third kappa shape index (κ3) is 7.47. The third-order valence-electron chi connectivity index (χ3n) is 8.50. The molecule has 0 spiro atoms. The van der Waals surface area contributed by atoms with Gasteiger partial charge in [-0.05, 0) is 32.8 Å². The van der Waals surface area contributed by atoms with Crippen molar-refractivity contribution in [3.05, 3.63) is 147 Å². The van der Waals surface area contributed by atoms with Gasteiger partial charge in [-0.25, -0.2) is 0 Å². The summed E-state index contributed by atoms with van der Waals surface area (Å²) >= 11 is 0. The van der Waals surface area contributed by atoms with Gasteiger partial charge >= 0.3 is 11.9 Å². The Hall–Kier alpha value is -5.15. The Morgan fingerprint density at radius 2 is 0.851 bits per heavy atom. The lowest BCUT2D eigenvalue weighted by Gasteiger charge is -2.28. The van der Waals surface area contributed by atoms with Gasteiger partial charge in [0, 0.05) is 12.8 Å². The molecule has 6 heteroatoms. The fourth-order valence-electron chi connectivity index (χ4n) is 6.04. The van der Waals surface area contributed by atoms with Gasteiger partial charge in [0.05, 0.1) is 14.2 Å². The summed E-state index contributed by atoms with van der Waals surface area (Å²) in [5.74, 6) is 5.16. The molecule has 0 amide bonds. The number of allylic oxidation sites excluding steroid dienone is 2. The van der Waals surface area contributed by atoms with Crippen molar-refractivity contribution in [1.82, 2.24) is 0 Å². The van der Waals surface area contributed by atoms with Gasteiger partial charge in [-0.2, -0.15) is 0 Å². The smallest absolute Gasteiger partial charge is 0.325 e. The second-order valence-electron chi connectivity index (χ2n) is 11.3. The zero-order valence-corrected chi connectivity index (χ0v) is 29.1. The highest BCUT2D eigenvalue weighted by molar-refractivity contribution is 7.09. The van der Waals surface area contributed by atoms with E-state index in [1.54, 1.807) is 0 Å². The number of esters is 2. The maximum atomic E-state index is 13.6. The minimum atomic E-state index is -2.72. The number of ether oxygens (including phenoxy) is 2. The molecule has 0 aliphatic heterocycles. The van der Waals surface area contributed by atoms with Gasteiger partial charge in [-0.3, -0.25) is 9.59 Å². The first-order chi connectivity index (χ1) is 22.9. The summed E-state index contributed by atoms with van der Waals surface area (Å²) in [7, 11) is -2.89. The van der Waals surface area contributed by atoms with Crippen LogP contribution in [0.2, 0.25) is 12.1 Å². The first-order valence-corrected chi connectivity index (χ1v) is 19.9. The zero-order valence-electron chi connectivity index (χ0n) is 27.1. The highest BCUT2D eigenvalue weighted by atomic mass is 28.3. The molecule has 0 aromatic heterocycles. The van der Waals surface area contributed by atoms with Crippen LogP contribution in [0, 0.1) is 28.3 Å². The van der Waals surface area contributed by atoms with Gasteiger partial charge in [0.2, 0.25) is 16.1 Å². The lowest BCUT2D eigenvalue weighted by Crippen LogP contribution is -2.57. The van der Waals surface area contributed by atoms with Gasteiger partial charge < -0.3 is 9.47 Å². The molecule has 4 rings (SSSR count). The van der Waals surface area contributed by atoms with Crippen molar-refractivity contribution < 1.29 is 19.1 Å². The molecule has 0 radical (unpaired) electrons. The molecule has 0 aliphatic carbocycles. The van der Waals surface area contributed by atoms with E-state index >= 15 is 0 Å². The summed E-state index contributed by atoms with van der Waals surface area (Å²) in [6.45, 7) is 8.12. The van der Waals surface area contributed by atoms with Crippen LogP contribution in [0.4, 0.5) is 0 Å². The average Bonchev–Trinajstić information content (AvgIpc) is 3.14. The first-order valence-electron chi connectivity index (χ1n) is 15.5. The van der Waals surface area contributed by atoms with Crippen LogP contribution in [-0.2, 0) is 19.1 Å². The predicted molar refractivity (Wildman–Crippen MR) is 197 cm³/mol. The Kier molecular flexibility index (Phi) is 12.1. The molecule has 0 heterocycles. The molecular formula is C41H40O4Si2. The van der Waals surface area contributed by atoms with Crippen LogP contribution >= 0.6 is 0 Å². The SMILES string of the molecule is C=CC[Si](C#CCC(CC#C[Si](CC=C)(c1ccccc1)c1ccccc1)(C(=O)OC)C(=O)OC)(c1ccccc1)c1ccccc1. The van der Waals surface area contributed by atoms with Gasteiger partial charge in [0.1, 0.15) is 0 Å². The Morgan fingerprint density at radius 3 is 1.09 bits per heavy atom. The Morgan fingerprint density at radius 1 is 0.574 bits per heavy atom. The van der Waals surface area contributed by atoms with E-state index in [0.717, 1.165) is 20.7 Å². The number of rotatable bonds is 12. The molecule has 4 nitrogen and oxygen atoms in total. The topological polar surface area (TPSA) is 52.6 Å². The summed E-state index contributed by atoms with van der Waals surface area (Å²) in [5.41, 5.74) is 5.47. The average molecular weight is 653 g/mol. The third-order valence-corrected chi connectivity index (χ3v) is 16.8. The van der Waals surface area contributed by atoms with Crippen LogP contribution in [0.15, 0.2) is 147 Å². The predicted octanol–water partition coefficient (Wildman–Crippen LogP) is 5.08. The number of hydrogen-bond donors (Lipinski definition) is 0. The fraction of sp³-hybridized carbons (Fsp3) is 0.171. The molecule has 0 unspecified atom stereocenters. The maximum absolute atomic E-state index is 13.6. The molecular weight excluding hydrogens is 613 g/mol. The normalized spacial score (nSPS) is 11.1. The fourth-order valence-corrected chi connectivity index (χ4v) is 13.1. The standard InChI is InChI=1S/C41H40O4Si2/c1-5-31-46(35-21-11-7-12-22-35,36-23-13-8-14-24-36)33-19-29-41(39(42)44-3,40(43)45-4)30-20-34-47(32-6-2,37-25-15-9-16-26-37)38-27-17-10-18-28-38/h5-18,21-28H,1-2,29-32H2,3-4H3. The van der Waals surface area contributed by atoms with Crippen LogP contribution in [0.5, 0.6) is 0 Å². The summed E-state index contributed by atoms with van der Waals surface area (Å²) < 4.78 is 10.5. The Bertz CT molecular complexity index is 1570. The second-order valence-corrected chi connectivity index (χ2v) is 18.5. The highest BCUT2D eigenvalue weighted by Gasteiger charge is 2.48. The van der Waals surface area contributed by atoms with E-state index in [0.29, 0.717) is 12.1 Å².